The Labute approximate surface area is 232 Å². The van der Waals surface area contributed by atoms with Crippen LogP contribution in [0.3, 0.4) is 0 Å². The molecule has 0 aliphatic rings. The predicted octanol–water partition coefficient (Wildman–Crippen LogP) is 9.89. The molecule has 0 spiro atoms. The molecule has 0 unspecified atom stereocenters. The van der Waals surface area contributed by atoms with Crippen molar-refractivity contribution in [2.45, 2.75) is 0 Å². The molecule has 0 amide bonds. The number of aromatic nitrogens is 4. The van der Waals surface area contributed by atoms with E-state index in [1.54, 1.807) is 22.7 Å². The number of rotatable bonds is 2. The molecule has 0 N–H and O–H groups in total. The Morgan fingerprint density at radius 3 is 1.25 bits per heavy atom. The molecular formula is C20H8Br4N4S4. The molecule has 32 heavy (non-hydrogen) atoms. The highest BCUT2D eigenvalue weighted by atomic mass is 79.9. The molecule has 6 rings (SSSR count). The van der Waals surface area contributed by atoms with Crippen molar-refractivity contribution in [3.05, 3.63) is 65.0 Å². The van der Waals surface area contributed by atoms with E-state index in [0.29, 0.717) is 0 Å². The van der Waals surface area contributed by atoms with Crippen molar-refractivity contribution in [1.29, 1.82) is 0 Å². The van der Waals surface area contributed by atoms with Crippen molar-refractivity contribution in [2.75, 3.05) is 0 Å². The van der Waals surface area contributed by atoms with Crippen molar-refractivity contribution >= 4 is 132 Å². The molecule has 0 saturated carbocycles. The molecule has 0 saturated heterocycles. The van der Waals surface area contributed by atoms with E-state index in [2.05, 4.69) is 118 Å². The third-order valence-electron chi connectivity index (χ3n) is 4.41. The zero-order valence-corrected chi connectivity index (χ0v) is 25.2. The topological polar surface area (TPSA) is 51.6 Å². The average Bonchev–Trinajstić information content (AvgIpc) is 3.57. The lowest BCUT2D eigenvalue weighted by Gasteiger charge is -2.03. The van der Waals surface area contributed by atoms with Crippen LogP contribution in [0.1, 0.15) is 0 Å². The van der Waals surface area contributed by atoms with Crippen LogP contribution in [0.4, 0.5) is 0 Å². The van der Waals surface area contributed by atoms with E-state index in [0.717, 1.165) is 49.7 Å². The van der Waals surface area contributed by atoms with Gasteiger partial charge in [-0.3, -0.25) is 0 Å². The minimum absolute atomic E-state index is 0.921. The normalized spacial score (nSPS) is 11.1. The van der Waals surface area contributed by atoms with Crippen molar-refractivity contribution < 1.29 is 0 Å². The van der Waals surface area contributed by atoms with E-state index in [9.17, 15) is 0 Å². The summed E-state index contributed by atoms with van der Waals surface area (Å²) in [6.45, 7) is 0. The number of benzene rings is 2. The number of hydrogen-bond donors (Lipinski definition) is 0. The van der Waals surface area contributed by atoms with E-state index in [1.165, 1.54) is 33.2 Å². The van der Waals surface area contributed by atoms with Crippen LogP contribution in [0.25, 0.3) is 42.9 Å². The lowest BCUT2D eigenvalue weighted by Crippen LogP contribution is -1.81. The zero-order valence-electron chi connectivity index (χ0n) is 15.6. The van der Waals surface area contributed by atoms with Crippen LogP contribution in [0.15, 0.2) is 65.0 Å². The highest BCUT2D eigenvalue weighted by molar-refractivity contribution is 9.11. The highest BCUT2D eigenvalue weighted by Gasteiger charge is 2.15. The van der Waals surface area contributed by atoms with Gasteiger partial charge in [-0.05, 0) is 100 Å². The quantitative estimate of drug-likeness (QED) is 0.177. The Kier molecular flexibility index (Phi) is 7.20. The maximum Gasteiger partial charge on any atom is 0.120 e. The van der Waals surface area contributed by atoms with Crippen molar-refractivity contribution in [1.82, 2.24) is 17.5 Å². The van der Waals surface area contributed by atoms with E-state index >= 15 is 0 Å². The van der Waals surface area contributed by atoms with Gasteiger partial charge in [0.05, 0.1) is 31.0 Å². The molecular weight excluding hydrogens is 744 g/mol. The average molecular weight is 752 g/mol. The van der Waals surface area contributed by atoms with Crippen LogP contribution in [-0.4, -0.2) is 17.5 Å². The maximum atomic E-state index is 4.51. The van der Waals surface area contributed by atoms with Crippen LogP contribution in [0.2, 0.25) is 0 Å². The summed E-state index contributed by atoms with van der Waals surface area (Å²) in [5.74, 6) is 0. The van der Waals surface area contributed by atoms with Crippen molar-refractivity contribution in [3.8, 4) is 20.9 Å². The van der Waals surface area contributed by atoms with Crippen molar-refractivity contribution in [2.24, 2.45) is 0 Å². The second kappa shape index (κ2) is 9.95. The molecule has 0 aliphatic heterocycles. The van der Waals surface area contributed by atoms with Crippen LogP contribution < -0.4 is 0 Å². The summed E-state index contributed by atoms with van der Waals surface area (Å²) >= 11 is 19.7. The Morgan fingerprint density at radius 1 is 0.469 bits per heavy atom. The second-order valence-electron chi connectivity index (χ2n) is 6.32. The molecule has 6 aromatic rings. The minimum atomic E-state index is 0.921. The lowest BCUT2D eigenvalue weighted by atomic mass is 10.1. The molecule has 0 bridgehead atoms. The zero-order chi connectivity index (χ0) is 22.2. The summed E-state index contributed by atoms with van der Waals surface area (Å²) < 4.78 is 21.5. The Hall–Kier alpha value is -0.600. The molecule has 0 radical (unpaired) electrons. The first kappa shape index (κ1) is 23.2. The summed E-state index contributed by atoms with van der Waals surface area (Å²) in [4.78, 5) is 2.41. The summed E-state index contributed by atoms with van der Waals surface area (Å²) in [5.41, 5.74) is 6.10. The SMILES string of the molecule is Brc1ccc(-c2ccc(-c3ccc(Br)s3)c3nsnc23)s1.Brc1ccc(Br)c2nsnc12. The molecule has 0 fully saturated rings. The molecule has 0 aliphatic carbocycles. The molecule has 12 heteroatoms. The monoisotopic (exact) mass is 748 g/mol. The van der Waals surface area contributed by atoms with Gasteiger partial charge in [0.15, 0.2) is 0 Å². The summed E-state index contributed by atoms with van der Waals surface area (Å²) in [7, 11) is 0. The van der Waals surface area contributed by atoms with Gasteiger partial charge in [-0.1, -0.05) is 12.1 Å². The van der Waals surface area contributed by atoms with Gasteiger partial charge in [0.2, 0.25) is 0 Å². The van der Waals surface area contributed by atoms with E-state index < -0.39 is 0 Å². The second-order valence-corrected chi connectivity index (χ2v) is 14.0. The van der Waals surface area contributed by atoms with Crippen LogP contribution >= 0.6 is 110 Å². The molecule has 160 valence electrons. The smallest absolute Gasteiger partial charge is 0.120 e. The van der Waals surface area contributed by atoms with Crippen LogP contribution in [0.5, 0.6) is 0 Å². The number of thiophene rings is 2. The van der Waals surface area contributed by atoms with Gasteiger partial charge in [-0.2, -0.15) is 17.5 Å². The number of fused-ring (bicyclic) bond motifs is 2. The number of nitrogens with zero attached hydrogens (tertiary/aromatic N) is 4. The summed E-state index contributed by atoms with van der Waals surface area (Å²) in [6.07, 6.45) is 0. The van der Waals surface area contributed by atoms with Gasteiger partial charge < -0.3 is 0 Å². The van der Waals surface area contributed by atoms with Crippen LogP contribution in [0, 0.1) is 0 Å². The van der Waals surface area contributed by atoms with Gasteiger partial charge in [0.1, 0.15) is 22.1 Å². The molecule has 4 heterocycles. The maximum absolute atomic E-state index is 4.51. The summed E-state index contributed by atoms with van der Waals surface area (Å²) in [6, 6.07) is 16.6. The fourth-order valence-electron chi connectivity index (χ4n) is 2.99. The summed E-state index contributed by atoms with van der Waals surface area (Å²) in [5, 5.41) is 0. The van der Waals surface area contributed by atoms with Gasteiger partial charge in [0.25, 0.3) is 0 Å². The lowest BCUT2D eigenvalue weighted by molar-refractivity contribution is 1.58. The predicted molar refractivity (Wildman–Crippen MR) is 152 cm³/mol. The first-order chi connectivity index (χ1) is 15.5. The van der Waals surface area contributed by atoms with E-state index in [-0.39, 0.29) is 0 Å². The Bertz CT molecular complexity index is 1440. The highest BCUT2D eigenvalue weighted by Crippen LogP contribution is 2.40. The fraction of sp³-hybridized carbons (Fsp3) is 0. The van der Waals surface area contributed by atoms with Crippen LogP contribution in [-0.2, 0) is 0 Å². The minimum Gasteiger partial charge on any atom is -0.172 e. The molecule has 4 nitrogen and oxygen atoms in total. The first-order valence-corrected chi connectivity index (χ1v) is 15.1. The van der Waals surface area contributed by atoms with E-state index in [4.69, 9.17) is 0 Å². The Balaban J connectivity index is 0.000000165. The number of hydrogen-bond acceptors (Lipinski definition) is 8. The molecule has 4 aromatic heterocycles. The van der Waals surface area contributed by atoms with Gasteiger partial charge in [-0.15, -0.1) is 22.7 Å². The standard InChI is InChI=1S/C14H6Br2N2S3.C6H2Br2N2S/c15-11-5-3-9(19-11)7-1-2-8(10-4-6-12(16)20-10)14-13(7)17-21-18-14;7-3-1-2-4(8)6-5(3)9-11-10-6/h1-6H;1-2H. The number of halogens is 4. The van der Waals surface area contributed by atoms with E-state index in [1.807, 2.05) is 12.1 Å². The van der Waals surface area contributed by atoms with Gasteiger partial charge in [-0.25, -0.2) is 0 Å². The van der Waals surface area contributed by atoms with Crippen molar-refractivity contribution in [3.63, 3.8) is 0 Å². The fourth-order valence-corrected chi connectivity index (χ4v) is 8.01. The third-order valence-corrected chi connectivity index (χ3v) is 10.1. The third kappa shape index (κ3) is 4.65. The van der Waals surface area contributed by atoms with Gasteiger partial charge in [0, 0.05) is 29.8 Å². The van der Waals surface area contributed by atoms with Gasteiger partial charge >= 0.3 is 0 Å². The Morgan fingerprint density at radius 2 is 0.875 bits per heavy atom. The molecule has 0 atom stereocenters. The molecule has 2 aromatic carbocycles. The largest absolute Gasteiger partial charge is 0.172 e. The first-order valence-electron chi connectivity index (χ1n) is 8.84.